The van der Waals surface area contributed by atoms with Gasteiger partial charge < -0.3 is 38.0 Å². The molecule has 0 aliphatic rings. The molecule has 0 fully saturated rings. The van der Waals surface area contributed by atoms with E-state index in [9.17, 15) is 19.2 Å². The van der Waals surface area contributed by atoms with Gasteiger partial charge >= 0.3 is 11.9 Å². The Morgan fingerprint density at radius 3 is 2.07 bits per heavy atom. The van der Waals surface area contributed by atoms with E-state index in [1.165, 1.54) is 0 Å². The van der Waals surface area contributed by atoms with E-state index in [0.29, 0.717) is 6.42 Å². The predicted octanol–water partition coefficient (Wildman–Crippen LogP) is -2.78. The van der Waals surface area contributed by atoms with E-state index in [2.05, 4.69) is 28.3 Å². The molecule has 0 aliphatic heterocycles. The van der Waals surface area contributed by atoms with Gasteiger partial charge in [-0.25, -0.2) is 4.79 Å². The van der Waals surface area contributed by atoms with E-state index in [0.717, 1.165) is 0 Å². The van der Waals surface area contributed by atoms with E-state index < -0.39 is 41.9 Å². The van der Waals surface area contributed by atoms with Gasteiger partial charge in [0.15, 0.2) is 5.96 Å². The number of hydrogen-bond acceptors (Lipinski definition) is 7. The third-order valence-corrected chi connectivity index (χ3v) is 3.75. The fraction of sp³-hybridized carbons (Fsp3) is 0.643. The third kappa shape index (κ3) is 10.9. The maximum atomic E-state index is 12.3. The van der Waals surface area contributed by atoms with Gasteiger partial charge in [0.1, 0.15) is 12.1 Å². The molecule has 0 unspecified atom stereocenters. The lowest BCUT2D eigenvalue weighted by Crippen LogP contribution is -2.54. The van der Waals surface area contributed by atoms with Gasteiger partial charge in [0.2, 0.25) is 11.8 Å². The van der Waals surface area contributed by atoms with Crippen LogP contribution in [0.15, 0.2) is 4.99 Å². The second-order valence-corrected chi connectivity index (χ2v) is 6.00. The number of nitrogens with two attached hydrogens (primary N) is 3. The van der Waals surface area contributed by atoms with E-state index in [-0.39, 0.29) is 37.5 Å². The monoisotopic (exact) mass is 406 g/mol. The number of nitrogens with one attached hydrogen (secondary N) is 2. The Kier molecular flexibility index (Phi) is 11.6. The fourth-order valence-corrected chi connectivity index (χ4v) is 2.17. The minimum absolute atomic E-state index is 0.110. The zero-order chi connectivity index (χ0) is 21.0. The first-order valence-corrected chi connectivity index (χ1v) is 8.68. The number of carboxylic acid groups (broad SMARTS) is 2. The van der Waals surface area contributed by atoms with Crippen molar-refractivity contribution in [3.05, 3.63) is 0 Å². The molecule has 0 rings (SSSR count). The van der Waals surface area contributed by atoms with E-state index in [1.54, 1.807) is 0 Å². The highest BCUT2D eigenvalue weighted by Gasteiger charge is 2.27. The number of thiol groups is 1. The highest BCUT2D eigenvalue weighted by molar-refractivity contribution is 7.80. The van der Waals surface area contributed by atoms with Crippen molar-refractivity contribution in [2.24, 2.45) is 22.2 Å². The van der Waals surface area contributed by atoms with Crippen LogP contribution < -0.4 is 27.8 Å². The van der Waals surface area contributed by atoms with Gasteiger partial charge in [-0.1, -0.05) is 0 Å². The molecule has 0 saturated heterocycles. The smallest absolute Gasteiger partial charge is 0.327 e. The number of guanidine groups is 1. The molecule has 0 aromatic heterocycles. The maximum absolute atomic E-state index is 12.3. The third-order valence-electron chi connectivity index (χ3n) is 3.38. The Morgan fingerprint density at radius 1 is 1.00 bits per heavy atom. The molecule has 13 heteroatoms. The number of aliphatic imine (C=N–C) groups is 1. The summed E-state index contributed by atoms with van der Waals surface area (Å²) in [5, 5.41) is 22.3. The number of amides is 2. The van der Waals surface area contributed by atoms with Crippen molar-refractivity contribution in [1.82, 2.24) is 10.6 Å². The average molecular weight is 406 g/mol. The highest BCUT2D eigenvalue weighted by atomic mass is 32.1. The number of aliphatic carboxylic acids is 2. The SMILES string of the molecule is NC(N)=NCCC[C@H](NC(=O)[C@@H](N)CCC(=O)O)C(=O)N[C@@H](CS)C(=O)O. The lowest BCUT2D eigenvalue weighted by molar-refractivity contribution is -0.141. The number of hydrogen-bond donors (Lipinski definition) is 8. The van der Waals surface area contributed by atoms with Crippen LogP contribution in [0.5, 0.6) is 0 Å². The summed E-state index contributed by atoms with van der Waals surface area (Å²) in [6.07, 6.45) is 0.00668. The molecule has 0 spiro atoms. The lowest BCUT2D eigenvalue weighted by atomic mass is 10.1. The van der Waals surface area contributed by atoms with Gasteiger partial charge in [-0.15, -0.1) is 0 Å². The number of carboxylic acids is 2. The van der Waals surface area contributed by atoms with Crippen LogP contribution in [0.1, 0.15) is 25.7 Å². The summed E-state index contributed by atoms with van der Waals surface area (Å²) in [7, 11) is 0. The topological polar surface area (TPSA) is 223 Å². The molecule has 10 N–H and O–H groups in total. The molecule has 0 aromatic rings. The minimum atomic E-state index is -1.28. The zero-order valence-electron chi connectivity index (χ0n) is 14.6. The van der Waals surface area contributed by atoms with Gasteiger partial charge in [-0.05, 0) is 19.3 Å². The van der Waals surface area contributed by atoms with Gasteiger partial charge in [0, 0.05) is 18.7 Å². The molecule has 12 nitrogen and oxygen atoms in total. The molecule has 2 amide bonds. The second-order valence-electron chi connectivity index (χ2n) is 5.63. The summed E-state index contributed by atoms with van der Waals surface area (Å²) in [4.78, 5) is 49.8. The summed E-state index contributed by atoms with van der Waals surface area (Å²) in [6.45, 7) is 0.196. The van der Waals surface area contributed by atoms with Crippen LogP contribution in [0.4, 0.5) is 0 Å². The molecular formula is C14H26N6O6S. The van der Waals surface area contributed by atoms with Crippen molar-refractivity contribution in [2.45, 2.75) is 43.8 Å². The molecule has 3 atom stereocenters. The normalized spacial score (nSPS) is 13.7. The van der Waals surface area contributed by atoms with Crippen LogP contribution in [-0.4, -0.2) is 70.3 Å². The molecule has 27 heavy (non-hydrogen) atoms. The Balaban J connectivity index is 4.97. The summed E-state index contributed by atoms with van der Waals surface area (Å²) >= 11 is 3.85. The van der Waals surface area contributed by atoms with E-state index >= 15 is 0 Å². The first-order chi connectivity index (χ1) is 12.6. The van der Waals surface area contributed by atoms with Gasteiger partial charge in [0.25, 0.3) is 0 Å². The largest absolute Gasteiger partial charge is 0.481 e. The van der Waals surface area contributed by atoms with Crippen molar-refractivity contribution in [2.75, 3.05) is 12.3 Å². The lowest BCUT2D eigenvalue weighted by Gasteiger charge is -2.22. The molecule has 154 valence electrons. The van der Waals surface area contributed by atoms with Crippen molar-refractivity contribution >= 4 is 42.3 Å². The van der Waals surface area contributed by atoms with Crippen molar-refractivity contribution in [3.8, 4) is 0 Å². The molecule has 0 saturated carbocycles. The van der Waals surface area contributed by atoms with Crippen molar-refractivity contribution in [3.63, 3.8) is 0 Å². The number of carbonyl (C=O) groups is 4. The first kappa shape index (κ1) is 24.5. The summed E-state index contributed by atoms with van der Waals surface area (Å²) < 4.78 is 0. The second kappa shape index (κ2) is 12.8. The highest BCUT2D eigenvalue weighted by Crippen LogP contribution is 2.03. The van der Waals surface area contributed by atoms with Crippen LogP contribution in [0.25, 0.3) is 0 Å². The van der Waals surface area contributed by atoms with Gasteiger partial charge in [0.05, 0.1) is 6.04 Å². The van der Waals surface area contributed by atoms with E-state index in [4.69, 9.17) is 27.4 Å². The Bertz CT molecular complexity index is 568. The van der Waals surface area contributed by atoms with Crippen LogP contribution in [0.3, 0.4) is 0 Å². The van der Waals surface area contributed by atoms with Crippen molar-refractivity contribution < 1.29 is 29.4 Å². The maximum Gasteiger partial charge on any atom is 0.327 e. The minimum Gasteiger partial charge on any atom is -0.481 e. The Labute approximate surface area is 161 Å². The quantitative estimate of drug-likeness (QED) is 0.0684. The summed E-state index contributed by atoms with van der Waals surface area (Å²) in [5.74, 6) is -4.12. The standard InChI is InChI=1S/C14H26N6O6S/c15-7(3-4-10(21)22)11(23)19-8(2-1-5-18-14(16)17)12(24)20-9(6-27)13(25)26/h7-9,27H,1-6,15H2,(H,19,23)(H,20,24)(H,21,22)(H,25,26)(H4,16,17,18)/t7-,8-,9-/m0/s1. The zero-order valence-corrected chi connectivity index (χ0v) is 15.5. The van der Waals surface area contributed by atoms with Gasteiger partial charge in [-0.2, -0.15) is 12.6 Å². The van der Waals surface area contributed by atoms with E-state index in [1.807, 2.05) is 0 Å². The fourth-order valence-electron chi connectivity index (χ4n) is 1.92. The molecule has 0 bridgehead atoms. The summed E-state index contributed by atoms with van der Waals surface area (Å²) in [6, 6.07) is -3.46. The Morgan fingerprint density at radius 2 is 1.59 bits per heavy atom. The molecule has 0 heterocycles. The number of rotatable bonds is 13. The predicted molar refractivity (Wildman–Crippen MR) is 100 cm³/mol. The Hall–Kier alpha value is -2.54. The molecule has 0 aliphatic carbocycles. The van der Waals surface area contributed by atoms with Gasteiger partial charge in [-0.3, -0.25) is 19.4 Å². The number of carbonyl (C=O) groups excluding carboxylic acids is 2. The molecular weight excluding hydrogens is 380 g/mol. The van der Waals surface area contributed by atoms with Crippen molar-refractivity contribution in [1.29, 1.82) is 0 Å². The first-order valence-electron chi connectivity index (χ1n) is 8.05. The molecule has 0 aromatic carbocycles. The van der Waals surface area contributed by atoms with Crippen LogP contribution in [-0.2, 0) is 19.2 Å². The summed E-state index contributed by atoms with van der Waals surface area (Å²) in [5.41, 5.74) is 16.0. The van der Waals surface area contributed by atoms with Crippen LogP contribution >= 0.6 is 12.6 Å². The molecule has 0 radical (unpaired) electrons. The average Bonchev–Trinajstić information content (AvgIpc) is 2.58. The van der Waals surface area contributed by atoms with Crippen LogP contribution in [0, 0.1) is 0 Å². The number of nitrogens with zero attached hydrogens (tertiary/aromatic N) is 1. The van der Waals surface area contributed by atoms with Crippen LogP contribution in [0.2, 0.25) is 0 Å².